The lowest BCUT2D eigenvalue weighted by Crippen LogP contribution is -2.42. The van der Waals surface area contributed by atoms with Crippen LogP contribution < -0.4 is 5.32 Å². The van der Waals surface area contributed by atoms with Gasteiger partial charge in [0.15, 0.2) is 0 Å². The van der Waals surface area contributed by atoms with Crippen LogP contribution in [0.25, 0.3) is 0 Å². The molecule has 7 heteroatoms. The molecule has 0 rings (SSSR count). The van der Waals surface area contributed by atoms with E-state index in [1.54, 1.807) is 0 Å². The lowest BCUT2D eigenvalue weighted by atomic mass is 10.1. The number of rotatable bonds is 9. The minimum atomic E-state index is -1.25. The number of carbonyl (C=O) groups excluding carboxylic acids is 1. The molecule has 0 aromatic carbocycles. The first-order valence-electron chi connectivity index (χ1n) is 5.29. The summed E-state index contributed by atoms with van der Waals surface area (Å²) in [7, 11) is 0. The van der Waals surface area contributed by atoms with E-state index < -0.39 is 23.9 Å². The molecule has 0 heterocycles. The zero-order chi connectivity index (χ0) is 13.3. The molecule has 0 aromatic heterocycles. The average molecular weight is 247 g/mol. The van der Waals surface area contributed by atoms with Gasteiger partial charge in [0, 0.05) is 13.0 Å². The summed E-state index contributed by atoms with van der Waals surface area (Å²) in [6.07, 6.45) is 0.298. The first-order chi connectivity index (χ1) is 7.97. The van der Waals surface area contributed by atoms with Gasteiger partial charge in [-0.15, -0.1) is 0 Å². The zero-order valence-electron chi connectivity index (χ0n) is 9.64. The molecule has 0 aromatic rings. The van der Waals surface area contributed by atoms with Crippen LogP contribution in [-0.2, 0) is 19.1 Å². The highest BCUT2D eigenvalue weighted by Crippen LogP contribution is 1.98. The van der Waals surface area contributed by atoms with Crippen molar-refractivity contribution in [2.24, 2.45) is 0 Å². The maximum absolute atomic E-state index is 11.2. The number of hydrogen-bond acceptors (Lipinski definition) is 4. The van der Waals surface area contributed by atoms with Crippen molar-refractivity contribution in [2.45, 2.75) is 32.2 Å². The fourth-order valence-electron chi connectivity index (χ4n) is 1.07. The van der Waals surface area contributed by atoms with Crippen LogP contribution >= 0.6 is 0 Å². The van der Waals surface area contributed by atoms with Gasteiger partial charge in [-0.2, -0.15) is 0 Å². The summed E-state index contributed by atoms with van der Waals surface area (Å²) in [5.74, 6) is -2.92. The second-order valence-electron chi connectivity index (χ2n) is 3.44. The minimum Gasteiger partial charge on any atom is -0.481 e. The fraction of sp³-hybridized carbons (Fsp3) is 0.700. The molecule has 0 saturated heterocycles. The van der Waals surface area contributed by atoms with Gasteiger partial charge in [-0.25, -0.2) is 4.79 Å². The molecule has 1 unspecified atom stereocenters. The van der Waals surface area contributed by atoms with Gasteiger partial charge in [0.25, 0.3) is 0 Å². The third-order valence-electron chi connectivity index (χ3n) is 1.86. The maximum atomic E-state index is 11.2. The van der Waals surface area contributed by atoms with Gasteiger partial charge in [-0.3, -0.25) is 9.59 Å². The van der Waals surface area contributed by atoms with Crippen LogP contribution in [0.5, 0.6) is 0 Å². The molecule has 1 amide bonds. The third kappa shape index (κ3) is 8.21. The van der Waals surface area contributed by atoms with Gasteiger partial charge in [0.1, 0.15) is 12.6 Å². The standard InChI is InChI=1S/C10H17NO6/c1-2-5-17-6-8(12)11-7(10(15)16)3-4-9(13)14/h7H,2-6H2,1H3,(H,11,12)(H,13,14)(H,15,16). The fourth-order valence-corrected chi connectivity index (χ4v) is 1.07. The van der Waals surface area contributed by atoms with Crippen LogP contribution in [0, 0.1) is 0 Å². The van der Waals surface area contributed by atoms with E-state index >= 15 is 0 Å². The quantitative estimate of drug-likeness (QED) is 0.488. The highest BCUT2D eigenvalue weighted by atomic mass is 16.5. The number of hydrogen-bond donors (Lipinski definition) is 3. The van der Waals surface area contributed by atoms with Gasteiger partial charge in [-0.05, 0) is 12.8 Å². The average Bonchev–Trinajstić information content (AvgIpc) is 2.23. The van der Waals surface area contributed by atoms with Crippen molar-refractivity contribution in [3.8, 4) is 0 Å². The van der Waals surface area contributed by atoms with E-state index in [2.05, 4.69) is 5.32 Å². The number of amides is 1. The van der Waals surface area contributed by atoms with Gasteiger partial charge in [0.05, 0.1) is 0 Å². The minimum absolute atomic E-state index is 0.149. The van der Waals surface area contributed by atoms with E-state index in [1.807, 2.05) is 6.92 Å². The van der Waals surface area contributed by atoms with Crippen LogP contribution in [0.15, 0.2) is 0 Å². The van der Waals surface area contributed by atoms with Gasteiger partial charge in [0.2, 0.25) is 5.91 Å². The number of carbonyl (C=O) groups is 3. The molecule has 0 aliphatic heterocycles. The van der Waals surface area contributed by atoms with E-state index in [1.165, 1.54) is 0 Å². The Hall–Kier alpha value is -1.63. The Morgan fingerprint density at radius 2 is 1.94 bits per heavy atom. The van der Waals surface area contributed by atoms with Crippen molar-refractivity contribution in [2.75, 3.05) is 13.2 Å². The zero-order valence-corrected chi connectivity index (χ0v) is 9.64. The predicted octanol–water partition coefficient (Wildman–Crippen LogP) is -0.153. The summed E-state index contributed by atoms with van der Waals surface area (Å²) in [4.78, 5) is 32.3. The maximum Gasteiger partial charge on any atom is 0.326 e. The number of ether oxygens (including phenoxy) is 1. The molecular formula is C10H17NO6. The van der Waals surface area contributed by atoms with Crippen molar-refractivity contribution in [3.63, 3.8) is 0 Å². The molecule has 0 aliphatic carbocycles. The number of nitrogens with one attached hydrogen (secondary N) is 1. The summed E-state index contributed by atoms with van der Waals surface area (Å²) in [6.45, 7) is 2.08. The van der Waals surface area contributed by atoms with Crippen molar-refractivity contribution in [3.05, 3.63) is 0 Å². The number of carboxylic acid groups (broad SMARTS) is 2. The molecule has 17 heavy (non-hydrogen) atoms. The molecule has 0 aliphatic rings. The largest absolute Gasteiger partial charge is 0.481 e. The second kappa shape index (κ2) is 8.51. The smallest absolute Gasteiger partial charge is 0.326 e. The van der Waals surface area contributed by atoms with Crippen LogP contribution in [0.1, 0.15) is 26.2 Å². The lowest BCUT2D eigenvalue weighted by Gasteiger charge is -2.13. The summed E-state index contributed by atoms with van der Waals surface area (Å²) in [6, 6.07) is -1.19. The molecule has 3 N–H and O–H groups in total. The van der Waals surface area contributed by atoms with Crippen LogP contribution in [0.2, 0.25) is 0 Å². The lowest BCUT2D eigenvalue weighted by molar-refractivity contribution is -0.143. The molecule has 0 spiro atoms. The third-order valence-corrected chi connectivity index (χ3v) is 1.86. The number of aliphatic carboxylic acids is 2. The summed E-state index contributed by atoms with van der Waals surface area (Å²) >= 11 is 0. The number of carboxylic acids is 2. The summed E-state index contributed by atoms with van der Waals surface area (Å²) in [5.41, 5.74) is 0. The van der Waals surface area contributed by atoms with Gasteiger partial charge in [-0.1, -0.05) is 6.92 Å². The molecule has 0 saturated carbocycles. The Balaban J connectivity index is 4.02. The van der Waals surface area contributed by atoms with Crippen LogP contribution in [0.3, 0.4) is 0 Å². The summed E-state index contributed by atoms with van der Waals surface area (Å²) < 4.78 is 4.93. The predicted molar refractivity (Wildman–Crippen MR) is 57.5 cm³/mol. The Kier molecular flexibility index (Phi) is 7.70. The molecule has 7 nitrogen and oxygen atoms in total. The normalized spacial score (nSPS) is 11.8. The molecule has 1 atom stereocenters. The molecule has 0 radical (unpaired) electrons. The first-order valence-corrected chi connectivity index (χ1v) is 5.29. The molecule has 0 fully saturated rings. The second-order valence-corrected chi connectivity index (χ2v) is 3.44. The molecule has 0 bridgehead atoms. The van der Waals surface area contributed by atoms with Crippen LogP contribution in [-0.4, -0.2) is 47.3 Å². The summed E-state index contributed by atoms with van der Waals surface area (Å²) in [5, 5.41) is 19.4. The Labute approximate surface area is 98.8 Å². The van der Waals surface area contributed by atoms with Gasteiger partial charge >= 0.3 is 11.9 Å². The van der Waals surface area contributed by atoms with E-state index in [9.17, 15) is 14.4 Å². The van der Waals surface area contributed by atoms with Crippen molar-refractivity contribution < 1.29 is 29.3 Å². The van der Waals surface area contributed by atoms with Gasteiger partial charge < -0.3 is 20.3 Å². The topological polar surface area (TPSA) is 113 Å². The monoisotopic (exact) mass is 247 g/mol. The van der Waals surface area contributed by atoms with Crippen LogP contribution in [0.4, 0.5) is 0 Å². The molecular weight excluding hydrogens is 230 g/mol. The highest BCUT2D eigenvalue weighted by molar-refractivity contribution is 5.84. The molecule has 98 valence electrons. The van der Waals surface area contributed by atoms with Crippen molar-refractivity contribution in [1.82, 2.24) is 5.32 Å². The van der Waals surface area contributed by atoms with Crippen molar-refractivity contribution >= 4 is 17.8 Å². The SMILES string of the molecule is CCCOCC(=O)NC(CCC(=O)O)C(=O)O. The Morgan fingerprint density at radius 3 is 2.41 bits per heavy atom. The van der Waals surface area contributed by atoms with E-state index in [0.29, 0.717) is 6.61 Å². The first kappa shape index (κ1) is 15.4. The van der Waals surface area contributed by atoms with E-state index in [-0.39, 0.29) is 19.4 Å². The Morgan fingerprint density at radius 1 is 1.29 bits per heavy atom. The van der Waals surface area contributed by atoms with E-state index in [0.717, 1.165) is 6.42 Å². The van der Waals surface area contributed by atoms with Crippen molar-refractivity contribution in [1.29, 1.82) is 0 Å². The Bertz CT molecular complexity index is 278. The van der Waals surface area contributed by atoms with E-state index in [4.69, 9.17) is 14.9 Å². The highest BCUT2D eigenvalue weighted by Gasteiger charge is 2.20.